The second kappa shape index (κ2) is 6.05. The van der Waals surface area contributed by atoms with E-state index in [1.165, 1.54) is 12.1 Å². The van der Waals surface area contributed by atoms with Gasteiger partial charge in [-0.25, -0.2) is 4.79 Å². The molecule has 2 aromatic rings. The predicted octanol–water partition coefficient (Wildman–Crippen LogP) is 2.72. The molecule has 0 atom stereocenters. The second-order valence-corrected chi connectivity index (χ2v) is 4.89. The molecular formula is C14H16ClN3O3. The van der Waals surface area contributed by atoms with Gasteiger partial charge in [-0.15, -0.1) is 0 Å². The van der Waals surface area contributed by atoms with Crippen molar-refractivity contribution in [2.75, 3.05) is 5.73 Å². The van der Waals surface area contributed by atoms with Crippen molar-refractivity contribution in [2.45, 2.75) is 27.0 Å². The first-order valence-corrected chi connectivity index (χ1v) is 6.79. The molecule has 0 radical (unpaired) electrons. The first-order chi connectivity index (χ1) is 9.93. The van der Waals surface area contributed by atoms with Crippen LogP contribution in [-0.4, -0.2) is 20.9 Å². The third-order valence-corrected chi connectivity index (χ3v) is 3.54. The molecule has 2 rings (SSSR count). The molecule has 0 saturated heterocycles. The zero-order valence-electron chi connectivity index (χ0n) is 11.8. The summed E-state index contributed by atoms with van der Waals surface area (Å²) in [4.78, 5) is 11.2. The standard InChI is InChI=1S/C14H16ClN3O3/c1-3-18-11(13(15)8(2)17-18)7-21-12-5-4-9(16)6-10(12)14(19)20/h4-6H,3,7,16H2,1-2H3,(H,19,20). The quantitative estimate of drug-likeness (QED) is 0.829. The number of anilines is 1. The maximum absolute atomic E-state index is 11.2. The van der Waals surface area contributed by atoms with Crippen LogP contribution in [0.25, 0.3) is 0 Å². The Hall–Kier alpha value is -2.21. The highest BCUT2D eigenvalue weighted by Crippen LogP contribution is 2.25. The van der Waals surface area contributed by atoms with Crippen molar-refractivity contribution in [3.8, 4) is 5.75 Å². The van der Waals surface area contributed by atoms with Gasteiger partial charge in [0, 0.05) is 12.2 Å². The molecule has 0 aliphatic rings. The first-order valence-electron chi connectivity index (χ1n) is 6.41. The van der Waals surface area contributed by atoms with Crippen LogP contribution < -0.4 is 10.5 Å². The van der Waals surface area contributed by atoms with Gasteiger partial charge in [0.2, 0.25) is 0 Å². The van der Waals surface area contributed by atoms with Crippen LogP contribution in [-0.2, 0) is 13.2 Å². The molecule has 1 aromatic heterocycles. The van der Waals surface area contributed by atoms with Crippen molar-refractivity contribution in [1.29, 1.82) is 0 Å². The lowest BCUT2D eigenvalue weighted by Crippen LogP contribution is -2.09. The van der Waals surface area contributed by atoms with E-state index in [-0.39, 0.29) is 17.9 Å². The number of nitrogens with zero attached hydrogens (tertiary/aromatic N) is 2. The van der Waals surface area contributed by atoms with Crippen LogP contribution in [0.2, 0.25) is 5.02 Å². The molecule has 0 amide bonds. The Kier molecular flexibility index (Phi) is 4.37. The summed E-state index contributed by atoms with van der Waals surface area (Å²) < 4.78 is 7.33. The van der Waals surface area contributed by atoms with Crippen LogP contribution >= 0.6 is 11.6 Å². The van der Waals surface area contributed by atoms with Crippen LogP contribution in [0.1, 0.15) is 28.7 Å². The fourth-order valence-electron chi connectivity index (χ4n) is 1.99. The van der Waals surface area contributed by atoms with Crippen molar-refractivity contribution in [3.63, 3.8) is 0 Å². The molecular weight excluding hydrogens is 294 g/mol. The van der Waals surface area contributed by atoms with Gasteiger partial charge in [0.05, 0.1) is 16.4 Å². The number of aromatic nitrogens is 2. The van der Waals surface area contributed by atoms with E-state index in [0.29, 0.717) is 28.6 Å². The van der Waals surface area contributed by atoms with Crippen molar-refractivity contribution >= 4 is 23.3 Å². The smallest absolute Gasteiger partial charge is 0.339 e. The van der Waals surface area contributed by atoms with Gasteiger partial charge in [0.25, 0.3) is 0 Å². The number of rotatable bonds is 5. The molecule has 21 heavy (non-hydrogen) atoms. The third kappa shape index (κ3) is 3.11. The minimum absolute atomic E-state index is 0.0189. The van der Waals surface area contributed by atoms with Crippen LogP contribution in [0.15, 0.2) is 18.2 Å². The van der Waals surface area contributed by atoms with Crippen LogP contribution in [0.5, 0.6) is 5.75 Å². The summed E-state index contributed by atoms with van der Waals surface area (Å²) in [7, 11) is 0. The van der Waals surface area contributed by atoms with E-state index in [0.717, 1.165) is 0 Å². The normalized spacial score (nSPS) is 10.6. The van der Waals surface area contributed by atoms with Crippen LogP contribution in [0.4, 0.5) is 5.69 Å². The highest BCUT2D eigenvalue weighted by Gasteiger charge is 2.16. The molecule has 0 aliphatic carbocycles. The SMILES string of the molecule is CCn1nc(C)c(Cl)c1COc1ccc(N)cc1C(=O)O. The van der Waals surface area contributed by atoms with Gasteiger partial charge in [-0.1, -0.05) is 11.6 Å². The van der Waals surface area contributed by atoms with Gasteiger partial charge >= 0.3 is 5.97 Å². The van der Waals surface area contributed by atoms with Gasteiger partial charge in [-0.05, 0) is 32.0 Å². The van der Waals surface area contributed by atoms with Crippen molar-refractivity contribution in [2.24, 2.45) is 0 Å². The van der Waals surface area contributed by atoms with E-state index in [2.05, 4.69) is 5.10 Å². The lowest BCUT2D eigenvalue weighted by atomic mass is 10.2. The molecule has 7 heteroatoms. The number of benzene rings is 1. The van der Waals surface area contributed by atoms with Crippen molar-refractivity contribution in [3.05, 3.63) is 40.2 Å². The lowest BCUT2D eigenvalue weighted by molar-refractivity contribution is 0.0691. The number of carboxylic acid groups (broad SMARTS) is 1. The Labute approximate surface area is 127 Å². The van der Waals surface area contributed by atoms with E-state index >= 15 is 0 Å². The van der Waals surface area contributed by atoms with Gasteiger partial charge in [0.1, 0.15) is 17.9 Å². The van der Waals surface area contributed by atoms with Crippen molar-refractivity contribution in [1.82, 2.24) is 9.78 Å². The van der Waals surface area contributed by atoms with Crippen LogP contribution in [0.3, 0.4) is 0 Å². The third-order valence-electron chi connectivity index (χ3n) is 3.05. The minimum atomic E-state index is -1.09. The highest BCUT2D eigenvalue weighted by atomic mass is 35.5. The average molecular weight is 310 g/mol. The van der Waals surface area contributed by atoms with Gasteiger partial charge < -0.3 is 15.6 Å². The van der Waals surface area contributed by atoms with E-state index < -0.39 is 5.97 Å². The summed E-state index contributed by atoms with van der Waals surface area (Å²) in [6.45, 7) is 4.54. The number of carboxylic acids is 1. The largest absolute Gasteiger partial charge is 0.486 e. The lowest BCUT2D eigenvalue weighted by Gasteiger charge is -2.11. The minimum Gasteiger partial charge on any atom is -0.486 e. The number of nitrogens with two attached hydrogens (primary N) is 1. The number of nitrogen functional groups attached to an aromatic ring is 1. The fraction of sp³-hybridized carbons (Fsp3) is 0.286. The van der Waals surface area contributed by atoms with E-state index in [9.17, 15) is 4.79 Å². The fourth-order valence-corrected chi connectivity index (χ4v) is 2.18. The summed E-state index contributed by atoms with van der Waals surface area (Å²) in [6, 6.07) is 4.49. The predicted molar refractivity (Wildman–Crippen MR) is 79.8 cm³/mol. The molecule has 112 valence electrons. The first kappa shape index (κ1) is 15.2. The summed E-state index contributed by atoms with van der Waals surface area (Å²) in [5, 5.41) is 14.0. The monoisotopic (exact) mass is 309 g/mol. The van der Waals surface area contributed by atoms with E-state index in [1.807, 2.05) is 13.8 Å². The van der Waals surface area contributed by atoms with Crippen LogP contribution in [0, 0.1) is 6.92 Å². The van der Waals surface area contributed by atoms with E-state index in [1.54, 1.807) is 10.7 Å². The molecule has 0 saturated carbocycles. The molecule has 1 heterocycles. The summed E-state index contributed by atoms with van der Waals surface area (Å²) in [5.74, 6) is -0.849. The zero-order chi connectivity index (χ0) is 15.6. The Bertz CT molecular complexity index is 682. The van der Waals surface area contributed by atoms with E-state index in [4.69, 9.17) is 27.2 Å². The Morgan fingerprint density at radius 2 is 2.24 bits per heavy atom. The highest BCUT2D eigenvalue weighted by molar-refractivity contribution is 6.31. The number of aryl methyl sites for hydroxylation is 2. The second-order valence-electron chi connectivity index (χ2n) is 4.51. The van der Waals surface area contributed by atoms with Crippen molar-refractivity contribution < 1.29 is 14.6 Å². The molecule has 0 bridgehead atoms. The number of ether oxygens (including phenoxy) is 1. The molecule has 6 nitrogen and oxygen atoms in total. The molecule has 0 spiro atoms. The molecule has 0 aliphatic heterocycles. The molecule has 0 fully saturated rings. The molecule has 3 N–H and O–H groups in total. The number of carbonyl (C=O) groups is 1. The zero-order valence-corrected chi connectivity index (χ0v) is 12.5. The summed E-state index contributed by atoms with van der Waals surface area (Å²) in [6.07, 6.45) is 0. The average Bonchev–Trinajstić information content (AvgIpc) is 2.72. The van der Waals surface area contributed by atoms with Gasteiger partial charge in [-0.3, -0.25) is 4.68 Å². The molecule has 1 aromatic carbocycles. The number of halogens is 1. The van der Waals surface area contributed by atoms with Gasteiger partial charge in [-0.2, -0.15) is 5.10 Å². The summed E-state index contributed by atoms with van der Waals surface area (Å²) >= 11 is 6.19. The maximum Gasteiger partial charge on any atom is 0.339 e. The Morgan fingerprint density at radius 3 is 2.86 bits per heavy atom. The topological polar surface area (TPSA) is 90.4 Å². The summed E-state index contributed by atoms with van der Waals surface area (Å²) in [5.41, 5.74) is 7.41. The van der Waals surface area contributed by atoms with Gasteiger partial charge in [0.15, 0.2) is 0 Å². The Morgan fingerprint density at radius 1 is 1.52 bits per heavy atom. The molecule has 0 unspecified atom stereocenters. The number of aromatic carboxylic acids is 1. The Balaban J connectivity index is 2.27. The number of hydrogen-bond donors (Lipinski definition) is 2. The number of hydrogen-bond acceptors (Lipinski definition) is 4. The maximum atomic E-state index is 11.2.